The van der Waals surface area contributed by atoms with Gasteiger partial charge in [-0.25, -0.2) is 0 Å². The van der Waals surface area contributed by atoms with E-state index in [-0.39, 0.29) is 11.9 Å². The van der Waals surface area contributed by atoms with E-state index < -0.39 is 24.9 Å². The van der Waals surface area contributed by atoms with Crippen molar-refractivity contribution in [3.8, 4) is 0 Å². The monoisotopic (exact) mass is 334 g/mol. The van der Waals surface area contributed by atoms with Crippen molar-refractivity contribution in [3.63, 3.8) is 0 Å². The lowest BCUT2D eigenvalue weighted by atomic mass is 9.89. The number of nitrogens with zero attached hydrogens (tertiary/aromatic N) is 2. The van der Waals surface area contributed by atoms with E-state index in [0.717, 1.165) is 32.1 Å². The third-order valence-electron chi connectivity index (χ3n) is 4.90. The Labute approximate surface area is 135 Å². The second kappa shape index (κ2) is 7.53. The van der Waals surface area contributed by atoms with Crippen LogP contribution in [-0.2, 0) is 9.59 Å². The normalized spacial score (nSPS) is 23.1. The van der Waals surface area contributed by atoms with Crippen LogP contribution < -0.4 is 0 Å². The van der Waals surface area contributed by atoms with Gasteiger partial charge < -0.3 is 9.80 Å². The van der Waals surface area contributed by atoms with Gasteiger partial charge in [0.05, 0.1) is 6.42 Å². The van der Waals surface area contributed by atoms with Crippen molar-refractivity contribution >= 4 is 11.8 Å². The Morgan fingerprint density at radius 1 is 1.04 bits per heavy atom. The molecule has 0 aromatic carbocycles. The summed E-state index contributed by atoms with van der Waals surface area (Å²) < 4.78 is 36.7. The van der Waals surface area contributed by atoms with Gasteiger partial charge in [-0.3, -0.25) is 9.59 Å². The summed E-state index contributed by atoms with van der Waals surface area (Å²) in [6.45, 7) is 2.51. The van der Waals surface area contributed by atoms with E-state index in [0.29, 0.717) is 25.6 Å². The Balaban J connectivity index is 1.88. The summed E-state index contributed by atoms with van der Waals surface area (Å²) in [5.41, 5.74) is 0. The number of rotatable bonds is 4. The number of hydrogen-bond acceptors (Lipinski definition) is 2. The van der Waals surface area contributed by atoms with Crippen molar-refractivity contribution < 1.29 is 22.8 Å². The molecule has 0 unspecified atom stereocenters. The molecule has 0 aromatic heterocycles. The lowest BCUT2D eigenvalue weighted by Crippen LogP contribution is -2.49. The zero-order chi connectivity index (χ0) is 17.0. The Morgan fingerprint density at radius 3 is 2.17 bits per heavy atom. The number of alkyl halides is 3. The molecule has 0 radical (unpaired) electrons. The van der Waals surface area contributed by atoms with Crippen LogP contribution in [0.3, 0.4) is 0 Å². The van der Waals surface area contributed by atoms with E-state index in [1.807, 2.05) is 4.90 Å². The van der Waals surface area contributed by atoms with Gasteiger partial charge in [-0.1, -0.05) is 0 Å². The van der Waals surface area contributed by atoms with Gasteiger partial charge in [-0.2, -0.15) is 13.2 Å². The van der Waals surface area contributed by atoms with Crippen LogP contribution in [-0.4, -0.2) is 53.0 Å². The number of likely N-dealkylation sites (tertiary alicyclic amines) is 1. The van der Waals surface area contributed by atoms with Gasteiger partial charge in [0.2, 0.25) is 11.8 Å². The summed E-state index contributed by atoms with van der Waals surface area (Å²) in [6.07, 6.45) is -0.413. The van der Waals surface area contributed by atoms with Crippen molar-refractivity contribution in [2.24, 2.45) is 0 Å². The highest BCUT2D eigenvalue weighted by atomic mass is 19.4. The average molecular weight is 334 g/mol. The van der Waals surface area contributed by atoms with Crippen LogP contribution in [0.1, 0.15) is 58.3 Å². The van der Waals surface area contributed by atoms with Crippen molar-refractivity contribution in [1.29, 1.82) is 0 Å². The molecule has 0 N–H and O–H groups in total. The number of carbonyl (C=O) groups excluding carboxylic acids is 2. The molecule has 23 heavy (non-hydrogen) atoms. The minimum absolute atomic E-state index is 0.0662. The molecule has 1 aliphatic carbocycles. The van der Waals surface area contributed by atoms with Gasteiger partial charge in [0.25, 0.3) is 0 Å². The third kappa shape index (κ3) is 5.11. The summed E-state index contributed by atoms with van der Waals surface area (Å²) >= 11 is 0. The minimum atomic E-state index is -4.29. The van der Waals surface area contributed by atoms with E-state index in [1.54, 1.807) is 6.92 Å². The van der Waals surface area contributed by atoms with Gasteiger partial charge in [0.15, 0.2) is 0 Å². The van der Waals surface area contributed by atoms with Crippen LogP contribution >= 0.6 is 0 Å². The summed E-state index contributed by atoms with van der Waals surface area (Å²) in [7, 11) is 0. The minimum Gasteiger partial charge on any atom is -0.343 e. The van der Waals surface area contributed by atoms with E-state index >= 15 is 0 Å². The molecular formula is C16H25F3N2O2. The molecule has 4 nitrogen and oxygen atoms in total. The zero-order valence-corrected chi connectivity index (χ0v) is 13.6. The van der Waals surface area contributed by atoms with Crippen LogP contribution in [0, 0.1) is 0 Å². The van der Waals surface area contributed by atoms with Gasteiger partial charge in [0, 0.05) is 38.5 Å². The molecule has 0 spiro atoms. The van der Waals surface area contributed by atoms with Crippen molar-refractivity contribution in [3.05, 3.63) is 0 Å². The van der Waals surface area contributed by atoms with Crippen molar-refractivity contribution in [2.45, 2.75) is 76.6 Å². The quantitative estimate of drug-likeness (QED) is 0.793. The fourth-order valence-corrected chi connectivity index (χ4v) is 3.49. The molecule has 2 amide bonds. The molecule has 2 aliphatic rings. The fraction of sp³-hybridized carbons (Fsp3) is 0.875. The molecule has 1 heterocycles. The molecule has 1 atom stereocenters. The number of carbonyl (C=O) groups is 2. The topological polar surface area (TPSA) is 40.6 Å². The first kappa shape index (κ1) is 18.1. The summed E-state index contributed by atoms with van der Waals surface area (Å²) in [5.74, 6) is -0.363. The molecule has 0 bridgehead atoms. The second-order valence-electron chi connectivity index (χ2n) is 6.59. The van der Waals surface area contributed by atoms with E-state index in [4.69, 9.17) is 0 Å². The van der Waals surface area contributed by atoms with Crippen LogP contribution in [0.25, 0.3) is 0 Å². The van der Waals surface area contributed by atoms with Crippen LogP contribution in [0.4, 0.5) is 13.2 Å². The lowest BCUT2D eigenvalue weighted by Gasteiger charge is -2.42. The maximum atomic E-state index is 12.2. The summed E-state index contributed by atoms with van der Waals surface area (Å²) in [6, 6.07) is 0.420. The first-order valence-electron chi connectivity index (χ1n) is 8.41. The zero-order valence-electron chi connectivity index (χ0n) is 13.6. The first-order valence-corrected chi connectivity index (χ1v) is 8.41. The van der Waals surface area contributed by atoms with Gasteiger partial charge >= 0.3 is 6.18 Å². The molecule has 1 saturated heterocycles. The number of amides is 2. The molecule has 1 saturated carbocycles. The molecule has 0 aromatic rings. The number of hydrogen-bond donors (Lipinski definition) is 0. The molecular weight excluding hydrogens is 309 g/mol. The van der Waals surface area contributed by atoms with Crippen LogP contribution in [0.2, 0.25) is 0 Å². The van der Waals surface area contributed by atoms with Crippen LogP contribution in [0.15, 0.2) is 0 Å². The maximum absolute atomic E-state index is 12.2. The second-order valence-corrected chi connectivity index (χ2v) is 6.59. The van der Waals surface area contributed by atoms with E-state index in [9.17, 15) is 22.8 Å². The highest BCUT2D eigenvalue weighted by Crippen LogP contribution is 2.30. The van der Waals surface area contributed by atoms with Gasteiger partial charge in [-0.05, 0) is 38.5 Å². The molecule has 132 valence electrons. The SMILES string of the molecule is CC(=O)N(C1CCC1)[C@H]1CCCN(C(=O)CCC(F)(F)F)CC1. The van der Waals surface area contributed by atoms with E-state index in [2.05, 4.69) is 0 Å². The largest absolute Gasteiger partial charge is 0.389 e. The van der Waals surface area contributed by atoms with Gasteiger partial charge in [0.1, 0.15) is 0 Å². The summed E-state index contributed by atoms with van der Waals surface area (Å²) in [5, 5.41) is 0. The highest BCUT2D eigenvalue weighted by Gasteiger charge is 2.34. The lowest BCUT2D eigenvalue weighted by molar-refractivity contribution is -0.149. The fourth-order valence-electron chi connectivity index (χ4n) is 3.49. The summed E-state index contributed by atoms with van der Waals surface area (Å²) in [4.78, 5) is 27.4. The molecule has 1 aliphatic heterocycles. The maximum Gasteiger partial charge on any atom is 0.389 e. The Bertz CT molecular complexity index is 436. The standard InChI is InChI=1S/C16H25F3N2O2/c1-12(22)21(13-4-2-5-13)14-6-3-10-20(11-8-14)15(23)7-9-16(17,18)19/h13-14H,2-11H2,1H3/t14-/m0/s1. The van der Waals surface area contributed by atoms with E-state index in [1.165, 1.54) is 4.90 Å². The highest BCUT2D eigenvalue weighted by molar-refractivity contribution is 5.76. The molecule has 7 heteroatoms. The molecule has 2 fully saturated rings. The Hall–Kier alpha value is -1.27. The first-order chi connectivity index (χ1) is 10.8. The Kier molecular flexibility index (Phi) is 5.92. The van der Waals surface area contributed by atoms with Crippen molar-refractivity contribution in [1.82, 2.24) is 9.80 Å². The van der Waals surface area contributed by atoms with Crippen LogP contribution in [0.5, 0.6) is 0 Å². The number of halogens is 3. The predicted molar refractivity (Wildman–Crippen MR) is 79.7 cm³/mol. The van der Waals surface area contributed by atoms with Gasteiger partial charge in [-0.15, -0.1) is 0 Å². The smallest absolute Gasteiger partial charge is 0.343 e. The predicted octanol–water partition coefficient (Wildman–Crippen LogP) is 3.11. The Morgan fingerprint density at radius 2 is 1.65 bits per heavy atom. The van der Waals surface area contributed by atoms with Crippen molar-refractivity contribution in [2.75, 3.05) is 13.1 Å². The molecule has 2 rings (SSSR count). The third-order valence-corrected chi connectivity index (χ3v) is 4.90. The average Bonchev–Trinajstić information content (AvgIpc) is 2.64.